The summed E-state index contributed by atoms with van der Waals surface area (Å²) in [7, 11) is 1.29. The van der Waals surface area contributed by atoms with Gasteiger partial charge < -0.3 is 15.4 Å². The Morgan fingerprint density at radius 1 is 0.805 bits per heavy atom. The molecule has 210 valence electrons. The summed E-state index contributed by atoms with van der Waals surface area (Å²) in [6, 6.07) is 29.5. The lowest BCUT2D eigenvalue weighted by atomic mass is 9.86. The summed E-state index contributed by atoms with van der Waals surface area (Å²) in [4.78, 5) is 39.2. The van der Waals surface area contributed by atoms with Crippen LogP contribution in [0.4, 0.5) is 5.69 Å². The van der Waals surface area contributed by atoms with Crippen LogP contribution in [0.1, 0.15) is 52.6 Å². The zero-order valence-electron chi connectivity index (χ0n) is 23.5. The van der Waals surface area contributed by atoms with Gasteiger partial charge in [0.15, 0.2) is 0 Å². The van der Waals surface area contributed by atoms with Crippen molar-refractivity contribution in [3.63, 3.8) is 0 Å². The van der Waals surface area contributed by atoms with E-state index in [2.05, 4.69) is 54.0 Å². The van der Waals surface area contributed by atoms with Gasteiger partial charge in [-0.25, -0.2) is 4.79 Å². The van der Waals surface area contributed by atoms with Gasteiger partial charge in [-0.2, -0.15) is 0 Å². The topological polar surface area (TPSA) is 84.5 Å². The largest absolute Gasteiger partial charge is 0.467 e. The standard InChI is InChI=1S/C34H33IN2O4/c1-34(2,3)26-16-14-25(15-17-26)31(38)36-29-19-18-27(35)21-28(29)32(39)37-30(33(40)41-4)20-22-10-12-24(13-11-22)23-8-6-5-7-9-23/h5-19,21,30H,20H2,1-4H3,(H,36,38)(H,37,39)/t30-/m0/s1. The molecule has 0 aliphatic heterocycles. The average Bonchev–Trinajstić information content (AvgIpc) is 2.97. The molecule has 2 amide bonds. The maximum absolute atomic E-state index is 13.5. The second-order valence-electron chi connectivity index (χ2n) is 10.8. The van der Waals surface area contributed by atoms with Gasteiger partial charge in [0.2, 0.25) is 0 Å². The highest BCUT2D eigenvalue weighted by atomic mass is 127. The van der Waals surface area contributed by atoms with E-state index < -0.39 is 17.9 Å². The van der Waals surface area contributed by atoms with Crippen LogP contribution in [-0.2, 0) is 21.4 Å². The van der Waals surface area contributed by atoms with Gasteiger partial charge in [-0.15, -0.1) is 0 Å². The van der Waals surface area contributed by atoms with E-state index in [-0.39, 0.29) is 23.3 Å². The molecular formula is C34H33IN2O4. The number of halogens is 1. The molecule has 41 heavy (non-hydrogen) atoms. The Hall–Kier alpha value is -3.98. The third-order valence-electron chi connectivity index (χ3n) is 6.78. The van der Waals surface area contributed by atoms with Crippen LogP contribution in [0, 0.1) is 3.57 Å². The molecule has 6 nitrogen and oxygen atoms in total. The molecule has 7 heteroatoms. The van der Waals surface area contributed by atoms with Crippen LogP contribution in [0.25, 0.3) is 11.1 Å². The lowest BCUT2D eigenvalue weighted by Crippen LogP contribution is -2.43. The average molecular weight is 661 g/mol. The molecule has 0 spiro atoms. The van der Waals surface area contributed by atoms with Gasteiger partial charge in [-0.05, 0) is 80.6 Å². The van der Waals surface area contributed by atoms with Gasteiger partial charge in [-0.1, -0.05) is 87.5 Å². The minimum absolute atomic E-state index is 0.0313. The maximum atomic E-state index is 13.5. The quantitative estimate of drug-likeness (QED) is 0.157. The van der Waals surface area contributed by atoms with Gasteiger partial charge in [0.1, 0.15) is 6.04 Å². The van der Waals surface area contributed by atoms with Gasteiger partial charge in [0.25, 0.3) is 11.8 Å². The summed E-state index contributed by atoms with van der Waals surface area (Å²) in [6.07, 6.45) is 0.249. The molecular weight excluding hydrogens is 627 g/mol. The first kappa shape index (κ1) is 30.0. The zero-order chi connectivity index (χ0) is 29.6. The van der Waals surface area contributed by atoms with Crippen molar-refractivity contribution in [3.8, 4) is 11.1 Å². The van der Waals surface area contributed by atoms with E-state index in [1.165, 1.54) is 7.11 Å². The van der Waals surface area contributed by atoms with Crippen molar-refractivity contribution >= 4 is 46.1 Å². The summed E-state index contributed by atoms with van der Waals surface area (Å²) in [5.74, 6) is -1.37. The first-order valence-corrected chi connectivity index (χ1v) is 14.4. The van der Waals surface area contributed by atoms with Gasteiger partial charge in [0, 0.05) is 15.6 Å². The predicted molar refractivity (Wildman–Crippen MR) is 171 cm³/mol. The number of hydrogen-bond acceptors (Lipinski definition) is 4. The highest BCUT2D eigenvalue weighted by Gasteiger charge is 2.25. The minimum atomic E-state index is -0.915. The van der Waals surface area contributed by atoms with E-state index in [4.69, 9.17) is 4.74 Å². The van der Waals surface area contributed by atoms with E-state index in [0.717, 1.165) is 25.8 Å². The molecule has 0 aliphatic carbocycles. The van der Waals surface area contributed by atoms with Crippen LogP contribution in [0.3, 0.4) is 0 Å². The fourth-order valence-corrected chi connectivity index (χ4v) is 4.89. The second-order valence-corrected chi connectivity index (χ2v) is 12.0. The fourth-order valence-electron chi connectivity index (χ4n) is 4.40. The number of hydrogen-bond donors (Lipinski definition) is 2. The Kier molecular flexibility index (Phi) is 9.60. The van der Waals surface area contributed by atoms with Gasteiger partial charge >= 0.3 is 5.97 Å². The summed E-state index contributed by atoms with van der Waals surface area (Å²) in [6.45, 7) is 6.33. The molecule has 0 fully saturated rings. The highest BCUT2D eigenvalue weighted by molar-refractivity contribution is 14.1. The number of carbonyl (C=O) groups is 3. The number of esters is 1. The minimum Gasteiger partial charge on any atom is -0.467 e. The molecule has 4 aromatic carbocycles. The summed E-state index contributed by atoms with van der Waals surface area (Å²) in [5.41, 5.74) is 5.19. The fraction of sp³-hybridized carbons (Fsp3) is 0.206. The van der Waals surface area contributed by atoms with Crippen LogP contribution in [0.15, 0.2) is 97.1 Å². The van der Waals surface area contributed by atoms with Crippen molar-refractivity contribution in [3.05, 3.63) is 123 Å². The molecule has 0 radical (unpaired) electrons. The third-order valence-corrected chi connectivity index (χ3v) is 7.45. The smallest absolute Gasteiger partial charge is 0.328 e. The van der Waals surface area contributed by atoms with E-state index in [0.29, 0.717) is 11.3 Å². The highest BCUT2D eigenvalue weighted by Crippen LogP contribution is 2.24. The molecule has 0 unspecified atom stereocenters. The molecule has 4 aromatic rings. The molecule has 0 aliphatic rings. The number of methoxy groups -OCH3 is 1. The van der Waals surface area contributed by atoms with Crippen molar-refractivity contribution in [2.75, 3.05) is 12.4 Å². The third kappa shape index (κ3) is 7.82. The van der Waals surface area contributed by atoms with E-state index in [1.807, 2.05) is 72.8 Å². The Morgan fingerprint density at radius 2 is 1.44 bits per heavy atom. The number of amides is 2. The lowest BCUT2D eigenvalue weighted by Gasteiger charge is -2.19. The van der Waals surface area contributed by atoms with Crippen molar-refractivity contribution in [2.24, 2.45) is 0 Å². The number of ether oxygens (including phenoxy) is 1. The normalized spacial score (nSPS) is 11.8. The second kappa shape index (κ2) is 13.1. The predicted octanol–water partition coefficient (Wildman–Crippen LogP) is 7.02. The Balaban J connectivity index is 1.51. The number of anilines is 1. The van der Waals surface area contributed by atoms with Crippen molar-refractivity contribution in [1.29, 1.82) is 0 Å². The number of carbonyl (C=O) groups excluding carboxylic acids is 3. The lowest BCUT2D eigenvalue weighted by molar-refractivity contribution is -0.142. The van der Waals surface area contributed by atoms with Crippen LogP contribution >= 0.6 is 22.6 Å². The molecule has 0 heterocycles. The van der Waals surface area contributed by atoms with Gasteiger partial charge in [0.05, 0.1) is 18.4 Å². The van der Waals surface area contributed by atoms with Crippen LogP contribution in [0.2, 0.25) is 0 Å². The van der Waals surface area contributed by atoms with E-state index in [1.54, 1.807) is 24.3 Å². The number of rotatable bonds is 8. The Morgan fingerprint density at radius 3 is 2.05 bits per heavy atom. The molecule has 1 atom stereocenters. The maximum Gasteiger partial charge on any atom is 0.328 e. The molecule has 0 aromatic heterocycles. The van der Waals surface area contributed by atoms with Crippen LogP contribution in [-0.4, -0.2) is 30.9 Å². The summed E-state index contributed by atoms with van der Waals surface area (Å²) >= 11 is 2.11. The van der Waals surface area contributed by atoms with Crippen molar-refractivity contribution < 1.29 is 19.1 Å². The molecule has 4 rings (SSSR count). The molecule has 0 saturated carbocycles. The zero-order valence-corrected chi connectivity index (χ0v) is 25.7. The monoisotopic (exact) mass is 660 g/mol. The molecule has 0 bridgehead atoms. The van der Waals surface area contributed by atoms with Crippen LogP contribution in [0.5, 0.6) is 0 Å². The van der Waals surface area contributed by atoms with E-state index >= 15 is 0 Å². The SMILES string of the molecule is COC(=O)[C@H](Cc1ccc(-c2ccccc2)cc1)NC(=O)c1cc(I)ccc1NC(=O)c1ccc(C(C)(C)C)cc1. The van der Waals surface area contributed by atoms with Gasteiger partial charge in [-0.3, -0.25) is 9.59 Å². The van der Waals surface area contributed by atoms with Crippen molar-refractivity contribution in [1.82, 2.24) is 5.32 Å². The van der Waals surface area contributed by atoms with E-state index in [9.17, 15) is 14.4 Å². The summed E-state index contributed by atoms with van der Waals surface area (Å²) < 4.78 is 5.81. The molecule has 0 saturated heterocycles. The number of benzene rings is 4. The van der Waals surface area contributed by atoms with Crippen molar-refractivity contribution in [2.45, 2.75) is 38.6 Å². The first-order chi connectivity index (χ1) is 19.5. The molecule has 2 N–H and O–H groups in total. The number of nitrogens with one attached hydrogen (secondary N) is 2. The first-order valence-electron chi connectivity index (χ1n) is 13.3. The Labute approximate surface area is 254 Å². The Bertz CT molecular complexity index is 1530. The van der Waals surface area contributed by atoms with Crippen LogP contribution < -0.4 is 10.6 Å². The summed E-state index contributed by atoms with van der Waals surface area (Å²) in [5, 5.41) is 5.68.